The van der Waals surface area contributed by atoms with Crippen LogP contribution in [0.4, 0.5) is 9.93 Å². The van der Waals surface area contributed by atoms with Gasteiger partial charge in [0.1, 0.15) is 11.0 Å². The fraction of sp³-hybridized carbons (Fsp3) is 0.304. The number of hydrogen-bond donors (Lipinski definition) is 2. The van der Waals surface area contributed by atoms with Gasteiger partial charge in [-0.2, -0.15) is 0 Å². The van der Waals surface area contributed by atoms with Gasteiger partial charge in [0.05, 0.1) is 0 Å². The van der Waals surface area contributed by atoms with Gasteiger partial charge in [0.25, 0.3) is 0 Å². The SMILES string of the molecule is O=C(Nc1nnc(Cc2ccccc2)s1)C(Cc1ccccc1)NC(=O)N1CCCC1. The summed E-state index contributed by atoms with van der Waals surface area (Å²) in [4.78, 5) is 27.4. The topological polar surface area (TPSA) is 87.2 Å². The molecule has 7 nitrogen and oxygen atoms in total. The van der Waals surface area contributed by atoms with Gasteiger partial charge in [-0.1, -0.05) is 72.0 Å². The highest BCUT2D eigenvalue weighted by Crippen LogP contribution is 2.19. The van der Waals surface area contributed by atoms with Crippen molar-refractivity contribution in [3.63, 3.8) is 0 Å². The monoisotopic (exact) mass is 435 g/mol. The van der Waals surface area contributed by atoms with Gasteiger partial charge < -0.3 is 10.2 Å². The lowest BCUT2D eigenvalue weighted by molar-refractivity contribution is -0.118. The van der Waals surface area contributed by atoms with Crippen LogP contribution in [0.15, 0.2) is 60.7 Å². The molecule has 1 saturated heterocycles. The molecule has 1 aromatic heterocycles. The Bertz CT molecular complexity index is 1000. The van der Waals surface area contributed by atoms with E-state index in [2.05, 4.69) is 20.8 Å². The van der Waals surface area contributed by atoms with E-state index in [0.717, 1.165) is 42.1 Å². The van der Waals surface area contributed by atoms with Crippen LogP contribution in [0.1, 0.15) is 29.0 Å². The smallest absolute Gasteiger partial charge is 0.318 e. The first-order valence-electron chi connectivity index (χ1n) is 10.4. The number of rotatable bonds is 7. The molecule has 2 heterocycles. The molecule has 0 aliphatic carbocycles. The maximum absolute atomic E-state index is 13.0. The molecule has 1 atom stereocenters. The fourth-order valence-electron chi connectivity index (χ4n) is 3.56. The first-order valence-corrected chi connectivity index (χ1v) is 11.3. The summed E-state index contributed by atoms with van der Waals surface area (Å²) in [5, 5.41) is 15.3. The largest absolute Gasteiger partial charge is 0.326 e. The van der Waals surface area contributed by atoms with Gasteiger partial charge >= 0.3 is 6.03 Å². The van der Waals surface area contributed by atoms with Crippen LogP contribution in [0.2, 0.25) is 0 Å². The van der Waals surface area contributed by atoms with Gasteiger partial charge in [-0.05, 0) is 24.0 Å². The Kier molecular flexibility index (Phi) is 6.89. The van der Waals surface area contributed by atoms with Crippen molar-refractivity contribution in [2.45, 2.75) is 31.7 Å². The molecule has 1 aliphatic heterocycles. The van der Waals surface area contributed by atoms with Gasteiger partial charge in [0.2, 0.25) is 11.0 Å². The van der Waals surface area contributed by atoms with Gasteiger partial charge in [-0.15, -0.1) is 10.2 Å². The second-order valence-electron chi connectivity index (χ2n) is 7.54. The molecule has 1 fully saturated rings. The number of amides is 3. The molecular formula is C23H25N5O2S. The van der Waals surface area contributed by atoms with E-state index in [9.17, 15) is 9.59 Å². The standard InChI is InChI=1S/C23H25N5O2S/c29-21(25-22-27-26-20(31-22)16-18-11-5-2-6-12-18)19(15-17-9-3-1-4-10-17)24-23(30)28-13-7-8-14-28/h1-6,9-12,19H,7-8,13-16H2,(H,24,30)(H,25,27,29). The number of likely N-dealkylation sites (tertiary alicyclic amines) is 1. The lowest BCUT2D eigenvalue weighted by Gasteiger charge is -2.22. The van der Waals surface area contributed by atoms with E-state index in [4.69, 9.17) is 0 Å². The van der Waals surface area contributed by atoms with E-state index < -0.39 is 6.04 Å². The van der Waals surface area contributed by atoms with Gasteiger partial charge in [-0.3, -0.25) is 10.1 Å². The van der Waals surface area contributed by atoms with E-state index >= 15 is 0 Å². The van der Waals surface area contributed by atoms with Crippen molar-refractivity contribution in [3.8, 4) is 0 Å². The highest BCUT2D eigenvalue weighted by atomic mass is 32.1. The van der Waals surface area contributed by atoms with Crippen molar-refractivity contribution in [2.24, 2.45) is 0 Å². The number of urea groups is 1. The summed E-state index contributed by atoms with van der Waals surface area (Å²) in [5.74, 6) is -0.293. The van der Waals surface area contributed by atoms with Crippen LogP contribution in [0, 0.1) is 0 Å². The summed E-state index contributed by atoms with van der Waals surface area (Å²) in [5.41, 5.74) is 2.11. The predicted octanol–water partition coefficient (Wildman–Crippen LogP) is 3.48. The molecule has 31 heavy (non-hydrogen) atoms. The van der Waals surface area contributed by atoms with E-state index in [1.807, 2.05) is 60.7 Å². The lowest BCUT2D eigenvalue weighted by atomic mass is 10.1. The zero-order chi connectivity index (χ0) is 21.5. The molecule has 2 N–H and O–H groups in total. The summed E-state index contributed by atoms with van der Waals surface area (Å²) < 4.78 is 0. The zero-order valence-corrected chi connectivity index (χ0v) is 18.0. The molecule has 1 unspecified atom stereocenters. The number of carbonyl (C=O) groups excluding carboxylic acids is 2. The molecular weight excluding hydrogens is 410 g/mol. The number of nitrogens with one attached hydrogen (secondary N) is 2. The Hall–Kier alpha value is -3.26. The summed E-state index contributed by atoms with van der Waals surface area (Å²) in [6, 6.07) is 18.8. The Labute approximate surface area is 185 Å². The van der Waals surface area contributed by atoms with E-state index in [-0.39, 0.29) is 11.9 Å². The van der Waals surface area contributed by atoms with Gasteiger partial charge in [0, 0.05) is 25.9 Å². The third-order valence-corrected chi connectivity index (χ3v) is 6.02. The lowest BCUT2D eigenvalue weighted by Crippen LogP contribution is -2.49. The quantitative estimate of drug-likeness (QED) is 0.595. The fourth-order valence-corrected chi connectivity index (χ4v) is 4.34. The Balaban J connectivity index is 1.43. The number of nitrogens with zero attached hydrogens (tertiary/aromatic N) is 3. The number of aromatic nitrogens is 2. The first-order chi connectivity index (χ1) is 15.2. The maximum Gasteiger partial charge on any atom is 0.318 e. The van der Waals surface area contributed by atoms with Crippen LogP contribution in [0.5, 0.6) is 0 Å². The Morgan fingerprint density at radius 1 is 0.935 bits per heavy atom. The molecule has 0 radical (unpaired) electrons. The molecule has 2 aromatic carbocycles. The molecule has 4 rings (SSSR count). The average molecular weight is 436 g/mol. The van der Waals surface area contributed by atoms with Crippen LogP contribution in [0.3, 0.4) is 0 Å². The van der Waals surface area contributed by atoms with E-state index in [1.165, 1.54) is 11.3 Å². The average Bonchev–Trinajstić information content (AvgIpc) is 3.47. The number of hydrogen-bond acceptors (Lipinski definition) is 5. The second-order valence-corrected chi connectivity index (χ2v) is 8.60. The molecule has 3 aromatic rings. The molecule has 3 amide bonds. The minimum absolute atomic E-state index is 0.199. The minimum atomic E-state index is -0.697. The second kappa shape index (κ2) is 10.2. The van der Waals surface area contributed by atoms with Crippen LogP contribution in [-0.2, 0) is 17.6 Å². The zero-order valence-electron chi connectivity index (χ0n) is 17.2. The van der Waals surface area contributed by atoms with Crippen LogP contribution in [-0.4, -0.2) is 46.2 Å². The molecule has 0 bridgehead atoms. The van der Waals surface area contributed by atoms with Crippen molar-refractivity contribution in [2.75, 3.05) is 18.4 Å². The third kappa shape index (κ3) is 5.88. The highest BCUT2D eigenvalue weighted by Gasteiger charge is 2.26. The maximum atomic E-state index is 13.0. The van der Waals surface area contributed by atoms with Crippen molar-refractivity contribution in [3.05, 3.63) is 76.8 Å². The molecule has 160 valence electrons. The van der Waals surface area contributed by atoms with E-state index in [1.54, 1.807) is 4.90 Å². The third-order valence-electron chi connectivity index (χ3n) is 5.19. The Morgan fingerprint density at radius 2 is 1.58 bits per heavy atom. The number of anilines is 1. The van der Waals surface area contributed by atoms with E-state index in [0.29, 0.717) is 18.0 Å². The summed E-state index contributed by atoms with van der Waals surface area (Å²) >= 11 is 1.35. The predicted molar refractivity (Wildman–Crippen MR) is 121 cm³/mol. The summed E-state index contributed by atoms with van der Waals surface area (Å²) in [6.45, 7) is 1.45. The number of benzene rings is 2. The van der Waals surface area contributed by atoms with Crippen molar-refractivity contribution < 1.29 is 9.59 Å². The summed E-state index contributed by atoms with van der Waals surface area (Å²) in [7, 11) is 0. The van der Waals surface area contributed by atoms with Gasteiger partial charge in [-0.25, -0.2) is 4.79 Å². The number of carbonyl (C=O) groups is 2. The first kappa shape index (κ1) is 21.0. The van der Waals surface area contributed by atoms with Crippen LogP contribution in [0.25, 0.3) is 0 Å². The van der Waals surface area contributed by atoms with Crippen molar-refractivity contribution >= 4 is 28.4 Å². The highest BCUT2D eigenvalue weighted by molar-refractivity contribution is 7.15. The summed E-state index contributed by atoms with van der Waals surface area (Å²) in [6.07, 6.45) is 3.06. The minimum Gasteiger partial charge on any atom is -0.326 e. The van der Waals surface area contributed by atoms with Crippen LogP contribution >= 0.6 is 11.3 Å². The molecule has 0 spiro atoms. The normalized spacial score (nSPS) is 14.3. The van der Waals surface area contributed by atoms with Gasteiger partial charge in [0.15, 0.2) is 0 Å². The van der Waals surface area contributed by atoms with Crippen molar-refractivity contribution in [1.82, 2.24) is 20.4 Å². The van der Waals surface area contributed by atoms with Crippen molar-refractivity contribution in [1.29, 1.82) is 0 Å². The molecule has 0 saturated carbocycles. The molecule has 1 aliphatic rings. The molecule has 8 heteroatoms. The van der Waals surface area contributed by atoms with Crippen LogP contribution < -0.4 is 10.6 Å². The Morgan fingerprint density at radius 3 is 2.26 bits per heavy atom.